The van der Waals surface area contributed by atoms with Crippen LogP contribution < -0.4 is 27.0 Å². The molecule has 42 heavy (non-hydrogen) atoms. The van der Waals surface area contributed by atoms with E-state index in [1.165, 1.54) is 12.1 Å². The molecule has 2 aromatic carbocycles. The highest BCUT2D eigenvalue weighted by Gasteiger charge is 2.48. The van der Waals surface area contributed by atoms with E-state index in [1.54, 1.807) is 12.1 Å². The molecule has 1 heterocycles. The molecule has 1 aliphatic heterocycles. The van der Waals surface area contributed by atoms with Crippen LogP contribution in [-0.2, 0) is 36.8 Å². The average molecular weight is 584 g/mol. The summed E-state index contributed by atoms with van der Waals surface area (Å²) in [5, 5.41) is 30.4. The highest BCUT2D eigenvalue weighted by molar-refractivity contribution is 5.89. The molecule has 0 saturated carbocycles. The molecular formula is C30H41N5O7. The van der Waals surface area contributed by atoms with Gasteiger partial charge in [-0.3, -0.25) is 24.5 Å². The van der Waals surface area contributed by atoms with E-state index in [9.17, 15) is 29.4 Å². The second kappa shape index (κ2) is 15.3. The number of hydrogen-bond donors (Lipinski definition) is 7. The minimum absolute atomic E-state index is 0.104. The Kier molecular flexibility index (Phi) is 11.8. The molecule has 228 valence electrons. The van der Waals surface area contributed by atoms with Crippen molar-refractivity contribution in [1.29, 1.82) is 0 Å². The van der Waals surface area contributed by atoms with Gasteiger partial charge in [0.25, 0.3) is 0 Å². The molecule has 0 spiro atoms. The number of hydrogen-bond acceptors (Lipinski definition) is 8. The molecule has 1 fully saturated rings. The van der Waals surface area contributed by atoms with Crippen molar-refractivity contribution in [2.75, 3.05) is 26.3 Å². The zero-order valence-electron chi connectivity index (χ0n) is 24.0. The number of aliphatic carboxylic acids is 1. The number of carboxylic acids is 1. The van der Waals surface area contributed by atoms with Gasteiger partial charge in [-0.15, -0.1) is 0 Å². The van der Waals surface area contributed by atoms with Crippen molar-refractivity contribution in [2.45, 2.75) is 56.8 Å². The molecule has 0 bridgehead atoms. The van der Waals surface area contributed by atoms with Crippen LogP contribution in [0.4, 0.5) is 0 Å². The summed E-state index contributed by atoms with van der Waals surface area (Å²) in [6.45, 7) is 3.62. The number of nitrogens with two attached hydrogens (primary N) is 1. The molecule has 0 aliphatic carbocycles. The molecule has 0 radical (unpaired) electrons. The highest BCUT2D eigenvalue weighted by atomic mass is 16.5. The maximum absolute atomic E-state index is 13.0. The lowest BCUT2D eigenvalue weighted by Crippen LogP contribution is -2.74. The van der Waals surface area contributed by atoms with Gasteiger partial charge in [0.1, 0.15) is 11.8 Å². The zero-order chi connectivity index (χ0) is 30.7. The Labute approximate surface area is 245 Å². The summed E-state index contributed by atoms with van der Waals surface area (Å²) >= 11 is 0. The SMILES string of the molecule is CC(C)C[C@H](NC1([C@H](Cc2ccccc2)NC(=O)CNC(=O)CNC(=O)[C@@H](N)Cc2ccc(O)cc2)COC1)C(=O)O. The monoisotopic (exact) mass is 583 g/mol. The lowest BCUT2D eigenvalue weighted by molar-refractivity contribution is -0.146. The third-order valence-electron chi connectivity index (χ3n) is 7.07. The van der Waals surface area contributed by atoms with Crippen molar-refractivity contribution in [2.24, 2.45) is 11.7 Å². The first-order valence-corrected chi connectivity index (χ1v) is 14.0. The van der Waals surface area contributed by atoms with Crippen LogP contribution in [0.25, 0.3) is 0 Å². The first kappa shape index (κ1) is 32.5. The van der Waals surface area contributed by atoms with Crippen molar-refractivity contribution >= 4 is 23.7 Å². The quantitative estimate of drug-likeness (QED) is 0.143. The summed E-state index contributed by atoms with van der Waals surface area (Å²) in [4.78, 5) is 49.7. The molecule has 3 atom stereocenters. The van der Waals surface area contributed by atoms with Gasteiger partial charge < -0.3 is 36.6 Å². The third-order valence-corrected chi connectivity index (χ3v) is 7.07. The largest absolute Gasteiger partial charge is 0.508 e. The van der Waals surface area contributed by atoms with Crippen LogP contribution in [0.2, 0.25) is 0 Å². The topological polar surface area (TPSA) is 192 Å². The van der Waals surface area contributed by atoms with Crippen molar-refractivity contribution in [1.82, 2.24) is 21.3 Å². The predicted molar refractivity (Wildman–Crippen MR) is 155 cm³/mol. The van der Waals surface area contributed by atoms with E-state index in [4.69, 9.17) is 10.5 Å². The number of phenolic OH excluding ortho intramolecular Hbond substituents is 1. The number of carbonyl (C=O) groups excluding carboxylic acids is 3. The summed E-state index contributed by atoms with van der Waals surface area (Å²) in [6.07, 6.45) is 1.04. The molecule has 1 saturated heterocycles. The Morgan fingerprint density at radius 3 is 2.10 bits per heavy atom. The smallest absolute Gasteiger partial charge is 0.320 e. The molecule has 0 aromatic heterocycles. The Balaban J connectivity index is 1.56. The van der Waals surface area contributed by atoms with Crippen LogP contribution in [0, 0.1) is 5.92 Å². The second-order valence-corrected chi connectivity index (χ2v) is 11.1. The molecule has 2 aromatic rings. The first-order chi connectivity index (χ1) is 20.0. The Hall–Kier alpha value is -4.00. The summed E-state index contributed by atoms with van der Waals surface area (Å²) in [5.74, 6) is -2.31. The van der Waals surface area contributed by atoms with Gasteiger partial charge >= 0.3 is 5.97 Å². The van der Waals surface area contributed by atoms with Crippen LogP contribution in [0.3, 0.4) is 0 Å². The highest BCUT2D eigenvalue weighted by Crippen LogP contribution is 2.26. The van der Waals surface area contributed by atoms with Crippen molar-refractivity contribution < 1.29 is 34.1 Å². The summed E-state index contributed by atoms with van der Waals surface area (Å²) in [6, 6.07) is 13.5. The maximum Gasteiger partial charge on any atom is 0.320 e. The number of benzene rings is 2. The maximum atomic E-state index is 13.0. The second-order valence-electron chi connectivity index (χ2n) is 11.1. The van der Waals surface area contributed by atoms with E-state index in [-0.39, 0.29) is 44.4 Å². The van der Waals surface area contributed by atoms with Gasteiger partial charge in [0, 0.05) is 0 Å². The number of carbonyl (C=O) groups is 4. The molecule has 3 amide bonds. The van der Waals surface area contributed by atoms with Crippen molar-refractivity contribution in [3.05, 3.63) is 65.7 Å². The molecule has 0 unspecified atom stereocenters. The van der Waals surface area contributed by atoms with Crippen LogP contribution in [0.15, 0.2) is 54.6 Å². The van der Waals surface area contributed by atoms with E-state index in [0.29, 0.717) is 12.8 Å². The number of phenols is 1. The minimum atomic E-state index is -0.975. The fraction of sp³-hybridized carbons (Fsp3) is 0.467. The van der Waals surface area contributed by atoms with Gasteiger partial charge in [-0.1, -0.05) is 56.3 Å². The van der Waals surface area contributed by atoms with Crippen molar-refractivity contribution in [3.8, 4) is 5.75 Å². The van der Waals surface area contributed by atoms with Gasteiger partial charge in [-0.2, -0.15) is 0 Å². The van der Waals surface area contributed by atoms with Gasteiger partial charge in [-0.05, 0) is 48.4 Å². The van der Waals surface area contributed by atoms with Gasteiger partial charge in [0.15, 0.2) is 0 Å². The van der Waals surface area contributed by atoms with E-state index in [0.717, 1.165) is 11.1 Å². The molecule has 12 nitrogen and oxygen atoms in total. The van der Waals surface area contributed by atoms with Crippen LogP contribution >= 0.6 is 0 Å². The number of carboxylic acid groups (broad SMARTS) is 1. The van der Waals surface area contributed by atoms with Crippen LogP contribution in [0.1, 0.15) is 31.4 Å². The minimum Gasteiger partial charge on any atom is -0.508 e. The van der Waals surface area contributed by atoms with Gasteiger partial charge in [0.2, 0.25) is 17.7 Å². The molecule has 1 aliphatic rings. The lowest BCUT2D eigenvalue weighted by Gasteiger charge is -2.49. The van der Waals surface area contributed by atoms with Crippen molar-refractivity contribution in [3.63, 3.8) is 0 Å². The van der Waals surface area contributed by atoms with Crippen LogP contribution in [-0.4, -0.2) is 83.9 Å². The fourth-order valence-corrected chi connectivity index (χ4v) is 4.75. The standard InChI is InChI=1S/C30H41N5O7/c1-19(2)12-24(29(40)41)35-30(17-42-18-30)25(14-20-6-4-3-5-7-20)34-27(38)16-32-26(37)15-33-28(39)23(31)13-21-8-10-22(36)11-9-21/h3-11,19,23-25,35-36H,12-18,31H2,1-2H3,(H,32,37)(H,33,39)(H,34,38)(H,40,41)/t23-,24-,25-/m0/s1. The first-order valence-electron chi connectivity index (χ1n) is 14.0. The molecule has 12 heteroatoms. The fourth-order valence-electron chi connectivity index (χ4n) is 4.75. The molecule has 3 rings (SSSR count). The van der Waals surface area contributed by atoms with Gasteiger partial charge in [0.05, 0.1) is 43.9 Å². The van der Waals surface area contributed by atoms with Gasteiger partial charge in [-0.25, -0.2) is 0 Å². The Morgan fingerprint density at radius 2 is 1.52 bits per heavy atom. The molecular weight excluding hydrogens is 542 g/mol. The number of aromatic hydroxyl groups is 1. The van der Waals surface area contributed by atoms with Crippen LogP contribution in [0.5, 0.6) is 5.75 Å². The predicted octanol–water partition coefficient (Wildman–Crippen LogP) is 0.0798. The lowest BCUT2D eigenvalue weighted by atomic mass is 9.82. The Bertz CT molecular complexity index is 1200. The number of rotatable bonds is 16. The summed E-state index contributed by atoms with van der Waals surface area (Å²) < 4.78 is 5.50. The third kappa shape index (κ3) is 9.82. The van der Waals surface area contributed by atoms with E-state index in [2.05, 4.69) is 21.3 Å². The average Bonchev–Trinajstić information content (AvgIpc) is 2.93. The summed E-state index contributed by atoms with van der Waals surface area (Å²) in [5.41, 5.74) is 6.82. The van der Waals surface area contributed by atoms with E-state index >= 15 is 0 Å². The molecule has 8 N–H and O–H groups in total. The number of amides is 3. The summed E-state index contributed by atoms with van der Waals surface area (Å²) in [7, 11) is 0. The van der Waals surface area contributed by atoms with E-state index in [1.807, 2.05) is 44.2 Å². The number of nitrogens with one attached hydrogen (secondary N) is 4. The van der Waals surface area contributed by atoms with E-state index < -0.39 is 47.4 Å². The Morgan fingerprint density at radius 1 is 0.905 bits per heavy atom. The number of ether oxygens (including phenoxy) is 1. The zero-order valence-corrected chi connectivity index (χ0v) is 24.0. The normalized spacial score (nSPS) is 16.0.